The first kappa shape index (κ1) is 15.3. The van der Waals surface area contributed by atoms with E-state index in [0.29, 0.717) is 24.7 Å². The smallest absolute Gasteiger partial charge is 0.260 e. The van der Waals surface area contributed by atoms with Gasteiger partial charge in [0.2, 0.25) is 0 Å². The number of hydrogen-bond donors (Lipinski definition) is 1. The highest BCUT2D eigenvalue weighted by Gasteiger charge is 2.44. The Morgan fingerprint density at radius 3 is 2.90 bits per heavy atom. The molecule has 3 atom stereocenters. The molecule has 0 unspecified atom stereocenters. The Morgan fingerprint density at radius 2 is 2.25 bits per heavy atom. The zero-order valence-corrected chi connectivity index (χ0v) is 12.5. The number of thioether (sulfide) groups is 1. The summed E-state index contributed by atoms with van der Waals surface area (Å²) in [5, 5.41) is 3.48. The summed E-state index contributed by atoms with van der Waals surface area (Å²) in [4.78, 5) is 3.39. The molecule has 2 rings (SSSR count). The molecule has 0 bridgehead atoms. The summed E-state index contributed by atoms with van der Waals surface area (Å²) >= 11 is 1.59. The molecule has 0 aliphatic carbocycles. The zero-order chi connectivity index (χ0) is 14.6. The second kappa shape index (κ2) is 6.57. The van der Waals surface area contributed by atoms with E-state index < -0.39 is 5.54 Å². The molecule has 1 fully saturated rings. The Kier molecular flexibility index (Phi) is 5.03. The van der Waals surface area contributed by atoms with Crippen LogP contribution < -0.4 is 5.32 Å². The first-order valence-electron chi connectivity index (χ1n) is 6.60. The quantitative estimate of drug-likeness (QED) is 0.846. The van der Waals surface area contributed by atoms with Crippen LogP contribution in [0.25, 0.3) is 4.85 Å². The van der Waals surface area contributed by atoms with E-state index in [1.165, 1.54) is 6.07 Å². The number of nitrogens with one attached hydrogen (secondary N) is 1. The molecular weight excluding hydrogens is 275 g/mol. The van der Waals surface area contributed by atoms with Crippen LogP contribution in [0.15, 0.2) is 24.3 Å². The normalized spacial score (nSPS) is 25.1. The largest absolute Gasteiger partial charge is 0.380 e. The maximum absolute atomic E-state index is 14.2. The van der Waals surface area contributed by atoms with Crippen LogP contribution >= 0.6 is 11.8 Å². The monoisotopic (exact) mass is 294 g/mol. The van der Waals surface area contributed by atoms with E-state index >= 15 is 0 Å². The van der Waals surface area contributed by atoms with Gasteiger partial charge in [0, 0.05) is 22.3 Å². The van der Waals surface area contributed by atoms with Crippen molar-refractivity contribution in [2.75, 3.05) is 26.1 Å². The summed E-state index contributed by atoms with van der Waals surface area (Å²) in [6.07, 6.45) is 0. The van der Waals surface area contributed by atoms with Crippen molar-refractivity contribution < 1.29 is 9.13 Å². The average molecular weight is 294 g/mol. The van der Waals surface area contributed by atoms with Gasteiger partial charge in [0.25, 0.3) is 5.88 Å². The molecule has 108 valence electrons. The number of halogens is 1. The van der Waals surface area contributed by atoms with Crippen molar-refractivity contribution in [2.24, 2.45) is 5.92 Å². The maximum atomic E-state index is 14.2. The van der Waals surface area contributed by atoms with Gasteiger partial charge in [-0.1, -0.05) is 30.0 Å². The third-order valence-corrected chi connectivity index (χ3v) is 5.25. The maximum Gasteiger partial charge on any atom is 0.260 e. The van der Waals surface area contributed by atoms with Crippen molar-refractivity contribution in [1.29, 1.82) is 0 Å². The van der Waals surface area contributed by atoms with Crippen LogP contribution in [0.3, 0.4) is 0 Å². The van der Waals surface area contributed by atoms with Gasteiger partial charge in [-0.25, -0.2) is 11.0 Å². The minimum atomic E-state index is -0.498. The van der Waals surface area contributed by atoms with E-state index in [-0.39, 0.29) is 17.0 Å². The third-order valence-electron chi connectivity index (χ3n) is 4.08. The van der Waals surface area contributed by atoms with Crippen LogP contribution in [0.5, 0.6) is 0 Å². The first-order chi connectivity index (χ1) is 9.63. The molecule has 1 aromatic rings. The topological polar surface area (TPSA) is 25.6 Å². The fourth-order valence-corrected chi connectivity index (χ4v) is 3.81. The minimum absolute atomic E-state index is 0.135. The molecule has 1 N–H and O–H groups in total. The summed E-state index contributed by atoms with van der Waals surface area (Å²) in [5.74, 6) is 0.350. The number of ether oxygens (including phenoxy) is 1. The Labute approximate surface area is 123 Å². The lowest BCUT2D eigenvalue weighted by atomic mass is 9.78. The van der Waals surface area contributed by atoms with Gasteiger partial charge in [-0.05, 0) is 20.0 Å². The van der Waals surface area contributed by atoms with Crippen molar-refractivity contribution in [3.05, 3.63) is 47.1 Å². The van der Waals surface area contributed by atoms with E-state index in [2.05, 4.69) is 10.2 Å². The van der Waals surface area contributed by atoms with Gasteiger partial charge in [0.1, 0.15) is 5.82 Å². The molecule has 0 aromatic heterocycles. The lowest BCUT2D eigenvalue weighted by Crippen LogP contribution is -2.48. The SMILES string of the molecule is [C-]#[N+]CS[C@H]1COC[C@@H]1[C@](C)(NC)c1ccccc1F. The second-order valence-electron chi connectivity index (χ2n) is 5.07. The van der Waals surface area contributed by atoms with Gasteiger partial charge >= 0.3 is 0 Å². The summed E-state index contributed by atoms with van der Waals surface area (Å²) in [5.41, 5.74) is 0.160. The van der Waals surface area contributed by atoms with Crippen molar-refractivity contribution in [2.45, 2.75) is 17.7 Å². The first-order valence-corrected chi connectivity index (χ1v) is 7.65. The number of hydrogen-bond acceptors (Lipinski definition) is 3. The number of benzene rings is 1. The molecular formula is C15H19FN2OS. The highest BCUT2D eigenvalue weighted by atomic mass is 32.2. The zero-order valence-electron chi connectivity index (χ0n) is 11.7. The average Bonchev–Trinajstić information content (AvgIpc) is 2.93. The molecule has 1 aromatic carbocycles. The lowest BCUT2D eigenvalue weighted by Gasteiger charge is -2.37. The fourth-order valence-electron chi connectivity index (χ4n) is 2.77. The Balaban J connectivity index is 2.30. The molecule has 0 amide bonds. The molecule has 1 heterocycles. The van der Waals surface area contributed by atoms with Gasteiger partial charge in [0.15, 0.2) is 0 Å². The lowest BCUT2D eigenvalue weighted by molar-refractivity contribution is 0.154. The number of nitrogens with zero attached hydrogens (tertiary/aromatic N) is 1. The third kappa shape index (κ3) is 2.83. The van der Waals surface area contributed by atoms with E-state index in [1.807, 2.05) is 26.1 Å². The molecule has 1 aliphatic rings. The molecule has 3 nitrogen and oxygen atoms in total. The summed E-state index contributed by atoms with van der Waals surface area (Å²) < 4.78 is 19.8. The molecule has 0 radical (unpaired) electrons. The molecule has 0 spiro atoms. The van der Waals surface area contributed by atoms with Crippen LogP contribution in [0.2, 0.25) is 0 Å². The van der Waals surface area contributed by atoms with E-state index in [4.69, 9.17) is 11.3 Å². The molecule has 0 saturated carbocycles. The van der Waals surface area contributed by atoms with Gasteiger partial charge in [-0.15, -0.1) is 0 Å². The van der Waals surface area contributed by atoms with Gasteiger partial charge in [0.05, 0.1) is 13.2 Å². The van der Waals surface area contributed by atoms with Gasteiger partial charge in [-0.2, -0.15) is 0 Å². The molecule has 1 aliphatic heterocycles. The van der Waals surface area contributed by atoms with Crippen LogP contribution in [0.4, 0.5) is 4.39 Å². The summed E-state index contributed by atoms with van der Waals surface area (Å²) in [7, 11) is 1.85. The van der Waals surface area contributed by atoms with Crippen molar-refractivity contribution in [1.82, 2.24) is 5.32 Å². The summed E-state index contributed by atoms with van der Waals surface area (Å²) in [6.45, 7) is 10.1. The standard InChI is InChI=1S/C15H19FN2OS/c1-15(18-3,11-6-4-5-7-13(11)16)12-8-19-9-14(12)20-10-17-2/h4-7,12,14,18H,8-10H2,1,3H3/t12-,14-,15+/m0/s1. The highest BCUT2D eigenvalue weighted by Crippen LogP contribution is 2.40. The van der Waals surface area contributed by atoms with Gasteiger partial charge in [-0.3, -0.25) is 0 Å². The highest BCUT2D eigenvalue weighted by molar-refractivity contribution is 8.00. The van der Waals surface area contributed by atoms with E-state index in [0.717, 1.165) is 0 Å². The predicted octanol–water partition coefficient (Wildman–Crippen LogP) is 2.89. The van der Waals surface area contributed by atoms with Gasteiger partial charge < -0.3 is 14.9 Å². The van der Waals surface area contributed by atoms with Crippen molar-refractivity contribution >= 4 is 11.8 Å². The van der Waals surface area contributed by atoms with Crippen LogP contribution in [-0.2, 0) is 10.3 Å². The molecule has 20 heavy (non-hydrogen) atoms. The molecule has 1 saturated heterocycles. The predicted molar refractivity (Wildman–Crippen MR) is 80.0 cm³/mol. The minimum Gasteiger partial charge on any atom is -0.380 e. The van der Waals surface area contributed by atoms with Crippen LogP contribution in [-0.4, -0.2) is 31.4 Å². The Bertz CT molecular complexity index is 505. The Morgan fingerprint density at radius 1 is 1.50 bits per heavy atom. The second-order valence-corrected chi connectivity index (χ2v) is 6.27. The van der Waals surface area contributed by atoms with E-state index in [1.54, 1.807) is 17.8 Å². The number of rotatable bonds is 5. The molecule has 5 heteroatoms. The fraction of sp³-hybridized carbons (Fsp3) is 0.533. The van der Waals surface area contributed by atoms with Crippen LogP contribution in [0.1, 0.15) is 12.5 Å². The van der Waals surface area contributed by atoms with E-state index in [9.17, 15) is 4.39 Å². The Hall–Kier alpha value is -1.09. The van der Waals surface area contributed by atoms with Crippen molar-refractivity contribution in [3.8, 4) is 0 Å². The summed E-state index contributed by atoms with van der Waals surface area (Å²) in [6, 6.07) is 6.86. The van der Waals surface area contributed by atoms with Crippen LogP contribution in [0, 0.1) is 18.3 Å². The van der Waals surface area contributed by atoms with Crippen molar-refractivity contribution in [3.63, 3.8) is 0 Å².